The maximum Gasteiger partial charge on any atom is 0.0250 e. The van der Waals surface area contributed by atoms with Crippen LogP contribution in [0, 0.1) is 11.8 Å². The first kappa shape index (κ1) is 6.66. The number of hydrogen-bond acceptors (Lipinski definition) is 1. The van der Waals surface area contributed by atoms with E-state index in [4.69, 9.17) is 0 Å². The molecular weight excluding hydrogens is 122 g/mol. The Morgan fingerprint density at radius 3 is 2.20 bits per heavy atom. The fraction of sp³-hybridized carbons (Fsp3) is 1.00. The molecule has 0 aromatic carbocycles. The minimum Gasteiger partial charge on any atom is -0.300 e. The van der Waals surface area contributed by atoms with Crippen molar-refractivity contribution < 1.29 is 0 Å². The summed E-state index contributed by atoms with van der Waals surface area (Å²) in [6.45, 7) is 6.06. The molecule has 1 aliphatic carbocycles. The van der Waals surface area contributed by atoms with E-state index in [-0.39, 0.29) is 0 Å². The summed E-state index contributed by atoms with van der Waals surface area (Å²) in [6, 6.07) is 0. The predicted molar refractivity (Wildman–Crippen MR) is 42.9 cm³/mol. The first-order valence-corrected chi connectivity index (χ1v) is 4.38. The largest absolute Gasteiger partial charge is 0.300 e. The van der Waals surface area contributed by atoms with Crippen LogP contribution in [-0.2, 0) is 0 Å². The highest BCUT2D eigenvalue weighted by atomic mass is 15.3. The van der Waals surface area contributed by atoms with Gasteiger partial charge in [0, 0.05) is 12.1 Å². The molecule has 1 unspecified atom stereocenters. The van der Waals surface area contributed by atoms with E-state index in [1.165, 1.54) is 19.4 Å². The lowest BCUT2D eigenvalue weighted by Gasteiger charge is -2.49. The van der Waals surface area contributed by atoms with Crippen LogP contribution in [0.2, 0.25) is 0 Å². The van der Waals surface area contributed by atoms with Gasteiger partial charge in [0.25, 0.3) is 0 Å². The number of nitrogens with zero attached hydrogens (tertiary/aromatic N) is 1. The highest BCUT2D eigenvalue weighted by Gasteiger charge is 2.60. The van der Waals surface area contributed by atoms with E-state index in [0.29, 0.717) is 5.54 Å². The Kier molecular flexibility index (Phi) is 1.17. The Labute approximate surface area is 63.4 Å². The molecule has 58 valence electrons. The second-order valence-corrected chi connectivity index (χ2v) is 4.33. The third-order valence-corrected chi connectivity index (χ3v) is 3.49. The maximum atomic E-state index is 2.54. The summed E-state index contributed by atoms with van der Waals surface area (Å²) in [7, 11) is 2.27. The van der Waals surface area contributed by atoms with E-state index in [9.17, 15) is 0 Å². The zero-order valence-corrected chi connectivity index (χ0v) is 7.22. The minimum atomic E-state index is 0.703. The molecule has 10 heavy (non-hydrogen) atoms. The molecule has 1 heteroatoms. The third kappa shape index (κ3) is 0.619. The van der Waals surface area contributed by atoms with Crippen LogP contribution in [0.5, 0.6) is 0 Å². The standard InChI is InChI=1S/C9H17N/c1-7(2)8-6-10(3)9(8)4-5-9/h7-8H,4-6H2,1-3H3. The molecule has 1 spiro atoms. The fourth-order valence-corrected chi connectivity index (χ4v) is 2.53. The lowest BCUT2D eigenvalue weighted by atomic mass is 9.78. The lowest BCUT2D eigenvalue weighted by Crippen LogP contribution is -2.58. The van der Waals surface area contributed by atoms with Gasteiger partial charge in [-0.1, -0.05) is 13.8 Å². The highest BCUT2D eigenvalue weighted by molar-refractivity contribution is 5.15. The van der Waals surface area contributed by atoms with E-state index in [2.05, 4.69) is 25.8 Å². The van der Waals surface area contributed by atoms with Gasteiger partial charge in [0.1, 0.15) is 0 Å². The number of rotatable bonds is 1. The Morgan fingerprint density at radius 1 is 1.40 bits per heavy atom. The second kappa shape index (κ2) is 1.76. The van der Waals surface area contributed by atoms with Gasteiger partial charge in [-0.05, 0) is 31.7 Å². The zero-order chi connectivity index (χ0) is 7.35. The molecule has 0 aromatic heterocycles. The van der Waals surface area contributed by atoms with Crippen LogP contribution >= 0.6 is 0 Å². The quantitative estimate of drug-likeness (QED) is 0.535. The van der Waals surface area contributed by atoms with Crippen LogP contribution in [0.25, 0.3) is 0 Å². The van der Waals surface area contributed by atoms with Gasteiger partial charge in [0.05, 0.1) is 0 Å². The normalized spacial score (nSPS) is 36.6. The lowest BCUT2D eigenvalue weighted by molar-refractivity contribution is -0.00938. The Morgan fingerprint density at radius 2 is 2.00 bits per heavy atom. The van der Waals surface area contributed by atoms with Crippen molar-refractivity contribution >= 4 is 0 Å². The Bertz CT molecular complexity index is 147. The second-order valence-electron chi connectivity index (χ2n) is 4.33. The van der Waals surface area contributed by atoms with E-state index in [1.807, 2.05) is 0 Å². The Balaban J connectivity index is 2.03. The van der Waals surface area contributed by atoms with E-state index in [1.54, 1.807) is 0 Å². The van der Waals surface area contributed by atoms with Crippen LogP contribution in [0.3, 0.4) is 0 Å². The molecule has 1 saturated heterocycles. The number of hydrogen-bond donors (Lipinski definition) is 0. The average Bonchev–Trinajstić information content (AvgIpc) is 2.61. The van der Waals surface area contributed by atoms with Crippen LogP contribution in [-0.4, -0.2) is 24.0 Å². The smallest absolute Gasteiger partial charge is 0.0250 e. The van der Waals surface area contributed by atoms with Gasteiger partial charge in [0.15, 0.2) is 0 Å². The molecule has 0 bridgehead atoms. The maximum absolute atomic E-state index is 2.54. The summed E-state index contributed by atoms with van der Waals surface area (Å²) in [5, 5.41) is 0. The first-order chi connectivity index (χ1) is 4.67. The zero-order valence-electron chi connectivity index (χ0n) is 7.22. The van der Waals surface area contributed by atoms with Gasteiger partial charge >= 0.3 is 0 Å². The monoisotopic (exact) mass is 139 g/mol. The van der Waals surface area contributed by atoms with E-state index >= 15 is 0 Å². The van der Waals surface area contributed by atoms with Crippen LogP contribution < -0.4 is 0 Å². The van der Waals surface area contributed by atoms with Crippen molar-refractivity contribution in [2.75, 3.05) is 13.6 Å². The highest BCUT2D eigenvalue weighted by Crippen LogP contribution is 2.56. The van der Waals surface area contributed by atoms with E-state index < -0.39 is 0 Å². The van der Waals surface area contributed by atoms with Gasteiger partial charge in [-0.25, -0.2) is 0 Å². The topological polar surface area (TPSA) is 3.24 Å². The molecule has 0 radical (unpaired) electrons. The van der Waals surface area contributed by atoms with Crippen molar-refractivity contribution in [3.63, 3.8) is 0 Å². The average molecular weight is 139 g/mol. The Hall–Kier alpha value is -0.0400. The number of likely N-dealkylation sites (tertiary alicyclic amines) is 1. The van der Waals surface area contributed by atoms with Gasteiger partial charge < -0.3 is 0 Å². The van der Waals surface area contributed by atoms with Crippen molar-refractivity contribution in [2.24, 2.45) is 11.8 Å². The molecule has 1 saturated carbocycles. The summed E-state index contributed by atoms with van der Waals surface area (Å²) in [6.07, 6.45) is 2.93. The fourth-order valence-electron chi connectivity index (χ4n) is 2.53. The van der Waals surface area contributed by atoms with Crippen molar-refractivity contribution in [1.29, 1.82) is 0 Å². The van der Waals surface area contributed by atoms with Crippen LogP contribution in [0.4, 0.5) is 0 Å². The van der Waals surface area contributed by atoms with Crippen LogP contribution in [0.1, 0.15) is 26.7 Å². The molecule has 1 heterocycles. The summed E-state index contributed by atoms with van der Waals surface area (Å²) in [4.78, 5) is 2.54. The molecule has 2 fully saturated rings. The molecule has 0 amide bonds. The van der Waals surface area contributed by atoms with Gasteiger partial charge in [-0.15, -0.1) is 0 Å². The van der Waals surface area contributed by atoms with Gasteiger partial charge in [-0.3, -0.25) is 4.90 Å². The van der Waals surface area contributed by atoms with Crippen LogP contribution in [0.15, 0.2) is 0 Å². The van der Waals surface area contributed by atoms with Crippen molar-refractivity contribution in [3.8, 4) is 0 Å². The van der Waals surface area contributed by atoms with E-state index in [0.717, 1.165) is 11.8 Å². The molecule has 2 aliphatic rings. The molecule has 1 aliphatic heterocycles. The SMILES string of the molecule is CC(C)C1CN(C)C12CC2. The summed E-state index contributed by atoms with van der Waals surface area (Å²) in [5.41, 5.74) is 0.703. The predicted octanol–water partition coefficient (Wildman–Crippen LogP) is 1.74. The molecular formula is C9H17N. The van der Waals surface area contributed by atoms with Gasteiger partial charge in [0.2, 0.25) is 0 Å². The minimum absolute atomic E-state index is 0.703. The van der Waals surface area contributed by atoms with Crippen molar-refractivity contribution in [1.82, 2.24) is 4.90 Å². The summed E-state index contributed by atoms with van der Waals surface area (Å²) in [5.74, 6) is 1.91. The third-order valence-electron chi connectivity index (χ3n) is 3.49. The molecule has 2 rings (SSSR count). The molecule has 0 N–H and O–H groups in total. The van der Waals surface area contributed by atoms with Crippen molar-refractivity contribution in [2.45, 2.75) is 32.2 Å². The van der Waals surface area contributed by atoms with Gasteiger partial charge in [-0.2, -0.15) is 0 Å². The summed E-state index contributed by atoms with van der Waals surface area (Å²) < 4.78 is 0. The molecule has 1 atom stereocenters. The summed E-state index contributed by atoms with van der Waals surface area (Å²) >= 11 is 0. The van der Waals surface area contributed by atoms with Crippen molar-refractivity contribution in [3.05, 3.63) is 0 Å². The first-order valence-electron chi connectivity index (χ1n) is 4.38. The molecule has 0 aromatic rings. The molecule has 1 nitrogen and oxygen atoms in total.